The minimum Gasteiger partial charge on any atom is -0.507 e. The van der Waals surface area contributed by atoms with Gasteiger partial charge in [-0.2, -0.15) is 0 Å². The Morgan fingerprint density at radius 2 is 1.39 bits per heavy atom. The number of hydrogen-bond acceptors (Lipinski definition) is 5. The standard InChI is InChI=1S/C23H23N3O5/c27-19-9-4-3-8-18(19)21(29)25-12-5-11-24(14-15-25)20(28)10-13-26-22(30)16-6-1-2-7-17(16)23(26)31/h1-4,6-9,27H,5,10-15H2. The summed E-state index contributed by atoms with van der Waals surface area (Å²) in [6.45, 7) is 1.72. The molecule has 0 unspecified atom stereocenters. The van der Waals surface area contributed by atoms with E-state index in [-0.39, 0.29) is 47.9 Å². The van der Waals surface area contributed by atoms with Crippen molar-refractivity contribution in [3.63, 3.8) is 0 Å². The lowest BCUT2D eigenvalue weighted by atomic mass is 10.1. The normalized spacial score (nSPS) is 16.3. The maximum absolute atomic E-state index is 12.7. The van der Waals surface area contributed by atoms with E-state index in [1.807, 2.05) is 0 Å². The largest absolute Gasteiger partial charge is 0.507 e. The topological polar surface area (TPSA) is 98.2 Å². The number of phenolic OH excluding ortho intramolecular Hbond substituents is 1. The van der Waals surface area contributed by atoms with Gasteiger partial charge in [-0.1, -0.05) is 24.3 Å². The van der Waals surface area contributed by atoms with Gasteiger partial charge in [0.25, 0.3) is 17.7 Å². The van der Waals surface area contributed by atoms with E-state index < -0.39 is 0 Å². The second-order valence-corrected chi connectivity index (χ2v) is 7.60. The third-order valence-corrected chi connectivity index (χ3v) is 5.70. The van der Waals surface area contributed by atoms with Crippen LogP contribution in [-0.4, -0.2) is 76.2 Å². The number of nitrogens with zero attached hydrogens (tertiary/aromatic N) is 3. The molecule has 2 aliphatic heterocycles. The minimum atomic E-state index is -0.372. The smallest absolute Gasteiger partial charge is 0.261 e. The number of carbonyl (C=O) groups is 4. The Hall–Kier alpha value is -3.68. The van der Waals surface area contributed by atoms with Gasteiger partial charge in [-0.15, -0.1) is 0 Å². The third-order valence-electron chi connectivity index (χ3n) is 5.70. The molecule has 0 radical (unpaired) electrons. The fraction of sp³-hybridized carbons (Fsp3) is 0.304. The van der Waals surface area contributed by atoms with Crippen LogP contribution in [0.15, 0.2) is 48.5 Å². The Balaban J connectivity index is 1.33. The molecule has 31 heavy (non-hydrogen) atoms. The molecule has 0 saturated carbocycles. The van der Waals surface area contributed by atoms with Gasteiger partial charge in [0.15, 0.2) is 0 Å². The molecule has 4 rings (SSSR count). The summed E-state index contributed by atoms with van der Waals surface area (Å²) in [7, 11) is 0. The lowest BCUT2D eigenvalue weighted by Crippen LogP contribution is -2.39. The molecule has 0 aliphatic carbocycles. The SMILES string of the molecule is O=C(CCN1C(=O)c2ccccc2C1=O)N1CCCN(C(=O)c2ccccc2O)CC1. The van der Waals surface area contributed by atoms with Crippen LogP contribution >= 0.6 is 0 Å². The molecule has 1 N–H and O–H groups in total. The number of fused-ring (bicyclic) bond motifs is 1. The van der Waals surface area contributed by atoms with Crippen LogP contribution < -0.4 is 0 Å². The van der Waals surface area contributed by atoms with Crippen molar-refractivity contribution in [2.24, 2.45) is 0 Å². The Morgan fingerprint density at radius 3 is 2.06 bits per heavy atom. The van der Waals surface area contributed by atoms with Crippen molar-refractivity contribution < 1.29 is 24.3 Å². The lowest BCUT2D eigenvalue weighted by molar-refractivity contribution is -0.131. The second kappa shape index (κ2) is 8.59. The maximum Gasteiger partial charge on any atom is 0.261 e. The average molecular weight is 421 g/mol. The van der Waals surface area contributed by atoms with Gasteiger partial charge in [0.05, 0.1) is 16.7 Å². The fourth-order valence-corrected chi connectivity index (χ4v) is 4.00. The maximum atomic E-state index is 12.7. The summed E-state index contributed by atoms with van der Waals surface area (Å²) < 4.78 is 0. The molecule has 8 heteroatoms. The van der Waals surface area contributed by atoms with E-state index in [9.17, 15) is 24.3 Å². The van der Waals surface area contributed by atoms with Gasteiger partial charge in [0, 0.05) is 39.1 Å². The molecule has 1 fully saturated rings. The Kier molecular flexibility index (Phi) is 5.70. The molecule has 2 aliphatic rings. The van der Waals surface area contributed by atoms with E-state index in [4.69, 9.17) is 0 Å². The van der Waals surface area contributed by atoms with Gasteiger partial charge in [-0.3, -0.25) is 24.1 Å². The van der Waals surface area contributed by atoms with Crippen molar-refractivity contribution in [2.75, 3.05) is 32.7 Å². The van der Waals surface area contributed by atoms with Crippen LogP contribution in [0.4, 0.5) is 0 Å². The van der Waals surface area contributed by atoms with Crippen molar-refractivity contribution >= 4 is 23.6 Å². The molecular formula is C23H23N3O5. The third kappa shape index (κ3) is 4.01. The van der Waals surface area contributed by atoms with E-state index in [2.05, 4.69) is 0 Å². The zero-order valence-corrected chi connectivity index (χ0v) is 17.0. The predicted octanol–water partition coefficient (Wildman–Crippen LogP) is 1.75. The Bertz CT molecular complexity index is 1020. The molecule has 0 aromatic heterocycles. The van der Waals surface area contributed by atoms with E-state index in [1.54, 1.807) is 52.3 Å². The summed E-state index contributed by atoms with van der Waals surface area (Å²) in [5.41, 5.74) is 0.981. The highest BCUT2D eigenvalue weighted by Crippen LogP contribution is 2.23. The van der Waals surface area contributed by atoms with Gasteiger partial charge in [-0.25, -0.2) is 0 Å². The van der Waals surface area contributed by atoms with Crippen molar-refractivity contribution in [2.45, 2.75) is 12.8 Å². The average Bonchev–Trinajstić information content (AvgIpc) is 2.94. The highest BCUT2D eigenvalue weighted by atomic mass is 16.3. The van der Waals surface area contributed by atoms with E-state index in [1.165, 1.54) is 6.07 Å². The first-order valence-electron chi connectivity index (χ1n) is 10.3. The minimum absolute atomic E-state index is 0.0300. The van der Waals surface area contributed by atoms with Crippen molar-refractivity contribution in [1.82, 2.24) is 14.7 Å². The first-order valence-corrected chi connectivity index (χ1v) is 10.3. The van der Waals surface area contributed by atoms with Gasteiger partial charge in [0.1, 0.15) is 5.75 Å². The molecule has 2 aromatic carbocycles. The monoisotopic (exact) mass is 421 g/mol. The fourth-order valence-electron chi connectivity index (χ4n) is 4.00. The number of phenols is 1. The van der Waals surface area contributed by atoms with E-state index in [0.717, 1.165) is 4.90 Å². The van der Waals surface area contributed by atoms with Crippen LogP contribution in [0.3, 0.4) is 0 Å². The molecule has 2 heterocycles. The molecule has 4 amide bonds. The first-order chi connectivity index (χ1) is 15.0. The van der Waals surface area contributed by atoms with Gasteiger partial charge < -0.3 is 14.9 Å². The van der Waals surface area contributed by atoms with Crippen LogP contribution in [0.5, 0.6) is 5.75 Å². The number of para-hydroxylation sites is 1. The number of benzene rings is 2. The van der Waals surface area contributed by atoms with Crippen LogP contribution in [0.25, 0.3) is 0 Å². The quantitative estimate of drug-likeness (QED) is 0.759. The van der Waals surface area contributed by atoms with E-state index >= 15 is 0 Å². The molecular weight excluding hydrogens is 398 g/mol. The second-order valence-electron chi connectivity index (χ2n) is 7.60. The molecule has 0 bridgehead atoms. The number of rotatable bonds is 4. The van der Waals surface area contributed by atoms with E-state index in [0.29, 0.717) is 43.7 Å². The summed E-state index contributed by atoms with van der Waals surface area (Å²) in [6.07, 6.45) is 0.650. The van der Waals surface area contributed by atoms with Crippen LogP contribution in [0, 0.1) is 0 Å². The number of hydrogen-bond donors (Lipinski definition) is 1. The van der Waals surface area contributed by atoms with Crippen LogP contribution in [0.2, 0.25) is 0 Å². The molecule has 2 aromatic rings. The van der Waals surface area contributed by atoms with Crippen LogP contribution in [0.1, 0.15) is 43.9 Å². The summed E-state index contributed by atoms with van der Waals surface area (Å²) in [6, 6.07) is 13.0. The molecule has 0 spiro atoms. The van der Waals surface area contributed by atoms with Crippen LogP contribution in [-0.2, 0) is 4.79 Å². The number of carbonyl (C=O) groups excluding carboxylic acids is 4. The summed E-state index contributed by atoms with van der Waals surface area (Å²) in [5, 5.41) is 9.93. The zero-order chi connectivity index (χ0) is 22.0. The van der Waals surface area contributed by atoms with Crippen molar-refractivity contribution in [1.29, 1.82) is 0 Å². The molecule has 8 nitrogen and oxygen atoms in total. The van der Waals surface area contributed by atoms with Gasteiger partial charge in [0.2, 0.25) is 5.91 Å². The highest BCUT2D eigenvalue weighted by Gasteiger charge is 2.35. The molecule has 1 saturated heterocycles. The number of aromatic hydroxyl groups is 1. The summed E-state index contributed by atoms with van der Waals surface area (Å²) in [4.78, 5) is 54.7. The zero-order valence-electron chi connectivity index (χ0n) is 17.0. The van der Waals surface area contributed by atoms with Crippen molar-refractivity contribution in [3.8, 4) is 5.75 Å². The summed E-state index contributed by atoms with van der Waals surface area (Å²) in [5.74, 6) is -1.23. The molecule has 160 valence electrons. The number of imide groups is 1. The summed E-state index contributed by atoms with van der Waals surface area (Å²) >= 11 is 0. The highest BCUT2D eigenvalue weighted by molar-refractivity contribution is 6.21. The lowest BCUT2D eigenvalue weighted by Gasteiger charge is -2.23. The van der Waals surface area contributed by atoms with Gasteiger partial charge >= 0.3 is 0 Å². The first kappa shape index (κ1) is 20.6. The van der Waals surface area contributed by atoms with Crippen molar-refractivity contribution in [3.05, 3.63) is 65.2 Å². The number of amides is 4. The predicted molar refractivity (Wildman–Crippen MR) is 112 cm³/mol. The Labute approximate surface area is 179 Å². The molecule has 0 atom stereocenters. The Morgan fingerprint density at radius 1 is 0.806 bits per heavy atom. The van der Waals surface area contributed by atoms with Gasteiger partial charge in [-0.05, 0) is 30.7 Å².